The van der Waals surface area contributed by atoms with Crippen LogP contribution in [0.25, 0.3) is 105 Å². The number of hydrogen-bond acceptors (Lipinski definition) is 5. The molecule has 4 heterocycles. The van der Waals surface area contributed by atoms with Crippen LogP contribution >= 0.6 is 0 Å². The topological polar surface area (TPSA) is 69.4 Å². The summed E-state index contributed by atoms with van der Waals surface area (Å²) in [6, 6.07) is 62.6. The van der Waals surface area contributed by atoms with E-state index in [1.807, 2.05) is 60.7 Å². The number of benzene rings is 7. The van der Waals surface area contributed by atoms with Gasteiger partial charge in [-0.15, -0.1) is 10.2 Å². The zero-order valence-corrected chi connectivity index (χ0v) is 29.5. The van der Waals surface area contributed by atoms with Crippen molar-refractivity contribution in [2.75, 3.05) is 0 Å². The summed E-state index contributed by atoms with van der Waals surface area (Å²) < 4.78 is 0. The van der Waals surface area contributed by atoms with Gasteiger partial charge in [0.2, 0.25) is 0 Å². The Morgan fingerprint density at radius 2 is 0.909 bits per heavy atom. The van der Waals surface area contributed by atoms with Gasteiger partial charge < -0.3 is 0 Å². The smallest absolute Gasteiger partial charge is 0.122 e. The zero-order valence-electron chi connectivity index (χ0n) is 29.5. The van der Waals surface area contributed by atoms with Crippen molar-refractivity contribution in [2.45, 2.75) is 0 Å². The van der Waals surface area contributed by atoms with Gasteiger partial charge in [0.05, 0.1) is 39.3 Å². The van der Waals surface area contributed by atoms with Crippen molar-refractivity contribution in [3.8, 4) is 50.6 Å². The van der Waals surface area contributed by atoms with Gasteiger partial charge in [-0.05, 0) is 48.0 Å². The second kappa shape index (κ2) is 12.5. The summed E-state index contributed by atoms with van der Waals surface area (Å²) in [5, 5.41) is 15.5. The molecule has 6 nitrogen and oxygen atoms in total. The largest absolute Gasteiger partial charge is 0.247 e. The molecule has 0 atom stereocenters. The molecule has 55 heavy (non-hydrogen) atoms. The molecule has 11 aromatic rings. The summed E-state index contributed by atoms with van der Waals surface area (Å²) >= 11 is 0. The lowest BCUT2D eigenvalue weighted by atomic mass is 9.93. The van der Waals surface area contributed by atoms with Gasteiger partial charge in [-0.25, -0.2) is 15.0 Å². The number of hydrogen-bond donors (Lipinski definition) is 0. The Bertz CT molecular complexity index is 3230. The number of fused-ring (bicyclic) bond motifs is 8. The third-order valence-electron chi connectivity index (χ3n) is 10.4. The monoisotopic (exact) mass is 702 g/mol. The molecule has 6 heteroatoms. The van der Waals surface area contributed by atoms with Gasteiger partial charge in [-0.3, -0.25) is 0 Å². The Hall–Kier alpha value is -7.57. The second-order valence-corrected chi connectivity index (χ2v) is 13.8. The van der Waals surface area contributed by atoms with Crippen LogP contribution in [-0.4, -0.2) is 29.9 Å². The summed E-state index contributed by atoms with van der Waals surface area (Å²) in [6.07, 6.45) is 0. The minimum atomic E-state index is 0.817. The third-order valence-corrected chi connectivity index (χ3v) is 10.4. The molecule has 0 spiro atoms. The van der Waals surface area contributed by atoms with Crippen LogP contribution in [0, 0.1) is 0 Å². The summed E-state index contributed by atoms with van der Waals surface area (Å²) in [7, 11) is 0. The van der Waals surface area contributed by atoms with Crippen molar-refractivity contribution in [1.29, 1.82) is 0 Å². The number of nitrogens with zero attached hydrogens (tertiary/aromatic N) is 6. The van der Waals surface area contributed by atoms with E-state index in [4.69, 9.17) is 25.1 Å². The molecule has 0 bridgehead atoms. The van der Waals surface area contributed by atoms with Gasteiger partial charge in [-0.2, -0.15) is 4.80 Å². The van der Waals surface area contributed by atoms with E-state index in [9.17, 15) is 0 Å². The molecule has 0 N–H and O–H groups in total. The molecule has 0 saturated heterocycles. The van der Waals surface area contributed by atoms with Crippen LogP contribution in [0.4, 0.5) is 0 Å². The number of rotatable bonds is 5. The molecule has 0 saturated carbocycles. The quantitative estimate of drug-likeness (QED) is 0.167. The molecule has 0 aliphatic heterocycles. The molecular weight excluding hydrogens is 673 g/mol. The lowest BCUT2D eigenvalue weighted by molar-refractivity contribution is 0.766. The van der Waals surface area contributed by atoms with Crippen LogP contribution in [0.5, 0.6) is 0 Å². The van der Waals surface area contributed by atoms with Crippen molar-refractivity contribution >= 4 is 54.5 Å². The maximum absolute atomic E-state index is 5.36. The molecule has 11 rings (SSSR count). The van der Waals surface area contributed by atoms with Gasteiger partial charge in [0.15, 0.2) is 0 Å². The average Bonchev–Trinajstić information content (AvgIpc) is 3.72. The van der Waals surface area contributed by atoms with E-state index in [0.29, 0.717) is 0 Å². The van der Waals surface area contributed by atoms with E-state index in [1.165, 1.54) is 0 Å². The van der Waals surface area contributed by atoms with Crippen LogP contribution < -0.4 is 0 Å². The summed E-state index contributed by atoms with van der Waals surface area (Å²) in [4.78, 5) is 17.6. The molecule has 0 fully saturated rings. The van der Waals surface area contributed by atoms with Crippen LogP contribution in [-0.2, 0) is 0 Å². The van der Waals surface area contributed by atoms with E-state index >= 15 is 0 Å². The summed E-state index contributed by atoms with van der Waals surface area (Å²) in [5.74, 6) is 0. The molecule has 0 aliphatic rings. The van der Waals surface area contributed by atoms with E-state index in [0.717, 1.165) is 105 Å². The Kier molecular flexibility index (Phi) is 7.07. The van der Waals surface area contributed by atoms with Crippen LogP contribution in [0.15, 0.2) is 182 Å². The van der Waals surface area contributed by atoms with Gasteiger partial charge in [0, 0.05) is 49.2 Å². The highest BCUT2D eigenvalue weighted by Crippen LogP contribution is 2.42. The van der Waals surface area contributed by atoms with Gasteiger partial charge in [0.25, 0.3) is 0 Å². The summed E-state index contributed by atoms with van der Waals surface area (Å²) in [5.41, 5.74) is 13.0. The number of aromatic nitrogens is 6. The maximum Gasteiger partial charge on any atom is 0.122 e. The highest BCUT2D eigenvalue weighted by molar-refractivity contribution is 6.24. The fraction of sp³-hybridized carbons (Fsp3) is 0. The van der Waals surface area contributed by atoms with Crippen LogP contribution in [0.1, 0.15) is 0 Å². The highest BCUT2D eigenvalue weighted by Gasteiger charge is 2.21. The Labute approximate surface area is 316 Å². The van der Waals surface area contributed by atoms with E-state index in [2.05, 4.69) is 121 Å². The molecule has 4 aromatic heterocycles. The predicted molar refractivity (Wildman–Crippen MR) is 224 cm³/mol. The van der Waals surface area contributed by atoms with Crippen LogP contribution in [0.2, 0.25) is 0 Å². The number of pyridine rings is 3. The number of para-hydroxylation sites is 1. The highest BCUT2D eigenvalue weighted by atomic mass is 15.5. The lowest BCUT2D eigenvalue weighted by Crippen LogP contribution is -1.97. The summed E-state index contributed by atoms with van der Waals surface area (Å²) in [6.45, 7) is 0. The van der Waals surface area contributed by atoms with E-state index in [-0.39, 0.29) is 0 Å². The third kappa shape index (κ3) is 5.23. The fourth-order valence-corrected chi connectivity index (χ4v) is 7.73. The Morgan fingerprint density at radius 1 is 0.364 bits per heavy atom. The van der Waals surface area contributed by atoms with Crippen molar-refractivity contribution in [3.63, 3.8) is 0 Å². The molecular formula is C49H30N6. The first-order valence-electron chi connectivity index (χ1n) is 18.4. The average molecular weight is 703 g/mol. The van der Waals surface area contributed by atoms with Gasteiger partial charge >= 0.3 is 0 Å². The zero-order chi connectivity index (χ0) is 36.3. The Morgan fingerprint density at radius 3 is 1.56 bits per heavy atom. The maximum atomic E-state index is 5.36. The van der Waals surface area contributed by atoms with Gasteiger partial charge in [0.1, 0.15) is 11.0 Å². The first-order valence-corrected chi connectivity index (χ1v) is 18.4. The first kappa shape index (κ1) is 31.0. The van der Waals surface area contributed by atoms with E-state index in [1.54, 1.807) is 4.80 Å². The normalized spacial score (nSPS) is 11.6. The van der Waals surface area contributed by atoms with Crippen LogP contribution in [0.3, 0.4) is 0 Å². The molecule has 0 radical (unpaired) electrons. The minimum absolute atomic E-state index is 0.817. The Balaban J connectivity index is 1.19. The predicted octanol–water partition coefficient (Wildman–Crippen LogP) is 11.9. The van der Waals surface area contributed by atoms with E-state index < -0.39 is 0 Å². The van der Waals surface area contributed by atoms with Crippen molar-refractivity contribution < 1.29 is 0 Å². The molecule has 0 aliphatic carbocycles. The second-order valence-electron chi connectivity index (χ2n) is 13.8. The minimum Gasteiger partial charge on any atom is -0.247 e. The molecule has 7 aromatic carbocycles. The SMILES string of the molecule is c1ccc(-c2ccc3ccc4ccc(-c5ccc6nc(-c7ccccc7)c7cc(-c8ccccc8)c8nn(-c9ccccc9)nc8c7c6c5)nc4c3n2)cc1. The molecule has 0 unspecified atom stereocenters. The molecule has 0 amide bonds. The van der Waals surface area contributed by atoms with Gasteiger partial charge in [-0.1, -0.05) is 140 Å². The van der Waals surface area contributed by atoms with Crippen molar-refractivity contribution in [2.24, 2.45) is 0 Å². The molecule has 256 valence electrons. The first-order chi connectivity index (χ1) is 27.2. The lowest BCUT2D eigenvalue weighted by Gasteiger charge is -2.14. The fourth-order valence-electron chi connectivity index (χ4n) is 7.73. The standard InChI is InChI=1S/C49H30N6/c1-5-13-31(14-6-1)38-30-40-44(49-48(38)53-55(54-49)37-19-11-4-12-20-37)39-29-36(25-28-43(39)52-45(40)33-17-9-3-10-18-33)42-27-24-35-22-21-34-23-26-41(32-15-7-2-8-16-32)50-46(34)47(35)51-42/h1-30H. The van der Waals surface area contributed by atoms with Crippen molar-refractivity contribution in [1.82, 2.24) is 29.9 Å². The van der Waals surface area contributed by atoms with Crippen molar-refractivity contribution in [3.05, 3.63) is 182 Å².